The minimum atomic E-state index is 0. The molecule has 0 unspecified atom stereocenters. The molecule has 1 N–H and O–H groups in total. The summed E-state index contributed by atoms with van der Waals surface area (Å²) in [5.41, 5.74) is 0.360. The highest BCUT2D eigenvalue weighted by Gasteiger charge is 2.30. The topological polar surface area (TPSA) is 55.3 Å². The minimum absolute atomic E-state index is 0. The molecule has 140 valence electrons. The molecule has 0 atom stereocenters. The van der Waals surface area contributed by atoms with E-state index in [4.69, 9.17) is 19.2 Å². The molecule has 0 bridgehead atoms. The number of benzene rings is 1. The third kappa shape index (κ3) is 5.29. The van der Waals surface area contributed by atoms with E-state index in [9.17, 15) is 0 Å². The van der Waals surface area contributed by atoms with Gasteiger partial charge in [-0.2, -0.15) is 0 Å². The van der Waals surface area contributed by atoms with Crippen molar-refractivity contribution in [2.24, 2.45) is 10.4 Å². The number of guanidine groups is 1. The van der Waals surface area contributed by atoms with Crippen LogP contribution in [0.25, 0.3) is 0 Å². The Bertz CT molecular complexity index is 607. The SMILES string of the molecule is CCNC(=NCCOc1ccc2c(c1)OCO2)N1CCC(C)(C)C1.I. The van der Waals surface area contributed by atoms with Crippen molar-refractivity contribution in [3.8, 4) is 17.2 Å². The van der Waals surface area contributed by atoms with Crippen molar-refractivity contribution in [3.63, 3.8) is 0 Å². The molecule has 0 saturated carbocycles. The van der Waals surface area contributed by atoms with Gasteiger partial charge < -0.3 is 24.4 Å². The van der Waals surface area contributed by atoms with Crippen LogP contribution in [0.15, 0.2) is 23.2 Å². The van der Waals surface area contributed by atoms with Crippen molar-refractivity contribution < 1.29 is 14.2 Å². The van der Waals surface area contributed by atoms with E-state index in [1.165, 1.54) is 6.42 Å². The Hall–Kier alpha value is -1.38. The molecule has 0 spiro atoms. The van der Waals surface area contributed by atoms with Crippen LogP contribution < -0.4 is 19.5 Å². The van der Waals surface area contributed by atoms with E-state index in [1.54, 1.807) is 0 Å². The van der Waals surface area contributed by atoms with Gasteiger partial charge in [-0.25, -0.2) is 4.99 Å². The van der Waals surface area contributed by atoms with Crippen LogP contribution in [0.4, 0.5) is 0 Å². The maximum Gasteiger partial charge on any atom is 0.231 e. The fourth-order valence-corrected chi connectivity index (χ4v) is 3.00. The van der Waals surface area contributed by atoms with Crippen molar-refractivity contribution in [2.75, 3.05) is 39.6 Å². The molecule has 2 heterocycles. The smallest absolute Gasteiger partial charge is 0.231 e. The summed E-state index contributed by atoms with van der Waals surface area (Å²) in [7, 11) is 0. The maximum absolute atomic E-state index is 5.77. The van der Waals surface area contributed by atoms with Crippen LogP contribution in [0.5, 0.6) is 17.2 Å². The lowest BCUT2D eigenvalue weighted by molar-refractivity contribution is 0.173. The number of halogens is 1. The Balaban J connectivity index is 0.00000225. The number of nitrogens with zero attached hydrogens (tertiary/aromatic N) is 2. The second-order valence-corrected chi connectivity index (χ2v) is 6.93. The molecule has 0 aliphatic carbocycles. The number of hydrogen-bond donors (Lipinski definition) is 1. The molecule has 0 amide bonds. The molecule has 6 nitrogen and oxygen atoms in total. The Kier molecular flexibility index (Phi) is 7.04. The number of nitrogens with one attached hydrogen (secondary N) is 1. The predicted octanol–water partition coefficient (Wildman–Crippen LogP) is 3.11. The molecule has 2 aliphatic rings. The lowest BCUT2D eigenvalue weighted by Crippen LogP contribution is -2.41. The number of ether oxygens (including phenoxy) is 3. The van der Waals surface area contributed by atoms with E-state index < -0.39 is 0 Å². The Labute approximate surface area is 166 Å². The Morgan fingerprint density at radius 2 is 2.12 bits per heavy atom. The third-order valence-corrected chi connectivity index (χ3v) is 4.28. The lowest BCUT2D eigenvalue weighted by Gasteiger charge is -2.23. The second kappa shape index (κ2) is 8.82. The van der Waals surface area contributed by atoms with Gasteiger partial charge in [-0.3, -0.25) is 0 Å². The molecule has 0 aromatic heterocycles. The van der Waals surface area contributed by atoms with Crippen molar-refractivity contribution in [3.05, 3.63) is 18.2 Å². The molecular formula is C18H28IN3O3. The molecule has 1 aromatic carbocycles. The summed E-state index contributed by atoms with van der Waals surface area (Å²) in [5, 5.41) is 3.38. The zero-order valence-electron chi connectivity index (χ0n) is 15.2. The van der Waals surface area contributed by atoms with Crippen molar-refractivity contribution in [1.29, 1.82) is 0 Å². The second-order valence-electron chi connectivity index (χ2n) is 6.93. The molecule has 2 aliphatic heterocycles. The number of hydrogen-bond acceptors (Lipinski definition) is 4. The zero-order valence-corrected chi connectivity index (χ0v) is 17.5. The van der Waals surface area contributed by atoms with E-state index in [-0.39, 0.29) is 30.8 Å². The molecule has 0 radical (unpaired) electrons. The molecule has 25 heavy (non-hydrogen) atoms. The van der Waals surface area contributed by atoms with E-state index in [1.807, 2.05) is 18.2 Å². The molecule has 3 rings (SSSR count). The standard InChI is InChI=1S/C18H27N3O3.HI/c1-4-19-17(21-9-7-18(2,3)12-21)20-8-10-22-14-5-6-15-16(11-14)24-13-23-15;/h5-6,11H,4,7-10,12-13H2,1-3H3,(H,19,20);1H. The van der Waals surface area contributed by atoms with E-state index in [2.05, 4.69) is 31.0 Å². The Morgan fingerprint density at radius 1 is 1.32 bits per heavy atom. The fourth-order valence-electron chi connectivity index (χ4n) is 3.00. The fraction of sp³-hybridized carbons (Fsp3) is 0.611. The first-order valence-corrected chi connectivity index (χ1v) is 8.63. The molecule has 1 aromatic rings. The van der Waals surface area contributed by atoms with Crippen LogP contribution >= 0.6 is 24.0 Å². The zero-order chi connectivity index (χ0) is 17.0. The summed E-state index contributed by atoms with van der Waals surface area (Å²) in [5.74, 6) is 3.27. The number of fused-ring (bicyclic) bond motifs is 1. The van der Waals surface area contributed by atoms with Crippen LogP contribution in [0.2, 0.25) is 0 Å². The highest BCUT2D eigenvalue weighted by molar-refractivity contribution is 14.0. The van der Waals surface area contributed by atoms with E-state index in [0.29, 0.717) is 18.6 Å². The van der Waals surface area contributed by atoms with Crippen molar-refractivity contribution >= 4 is 29.9 Å². The summed E-state index contributed by atoms with van der Waals surface area (Å²) in [6, 6.07) is 5.63. The average Bonchev–Trinajstić information content (AvgIpc) is 3.15. The summed E-state index contributed by atoms with van der Waals surface area (Å²) in [6.07, 6.45) is 1.20. The quantitative estimate of drug-likeness (QED) is 0.316. The number of rotatable bonds is 5. The monoisotopic (exact) mass is 461 g/mol. The van der Waals surface area contributed by atoms with Gasteiger partial charge in [0, 0.05) is 25.7 Å². The van der Waals surface area contributed by atoms with E-state index >= 15 is 0 Å². The maximum atomic E-state index is 5.77. The first kappa shape index (κ1) is 19.9. The molecule has 1 fully saturated rings. The van der Waals surface area contributed by atoms with Crippen LogP contribution in [-0.2, 0) is 0 Å². The van der Waals surface area contributed by atoms with Gasteiger partial charge in [0.05, 0.1) is 6.54 Å². The highest BCUT2D eigenvalue weighted by Crippen LogP contribution is 2.35. The molecule has 7 heteroatoms. The van der Waals surface area contributed by atoms with Gasteiger partial charge in [0.25, 0.3) is 0 Å². The third-order valence-electron chi connectivity index (χ3n) is 4.28. The van der Waals surface area contributed by atoms with Crippen LogP contribution in [-0.4, -0.2) is 50.4 Å². The highest BCUT2D eigenvalue weighted by atomic mass is 127. The van der Waals surface area contributed by atoms with Gasteiger partial charge in [-0.05, 0) is 30.9 Å². The Morgan fingerprint density at radius 3 is 2.84 bits per heavy atom. The molecule has 1 saturated heterocycles. The number of likely N-dealkylation sites (tertiary alicyclic amines) is 1. The summed E-state index contributed by atoms with van der Waals surface area (Å²) in [4.78, 5) is 7.04. The predicted molar refractivity (Wildman–Crippen MR) is 109 cm³/mol. The van der Waals surface area contributed by atoms with Gasteiger partial charge >= 0.3 is 0 Å². The lowest BCUT2D eigenvalue weighted by atomic mass is 9.93. The normalized spacial score (nSPS) is 18.0. The van der Waals surface area contributed by atoms with Gasteiger partial charge in [0.15, 0.2) is 17.5 Å². The first-order valence-electron chi connectivity index (χ1n) is 8.63. The first-order chi connectivity index (χ1) is 11.6. The van der Waals surface area contributed by atoms with Crippen LogP contribution in [0.3, 0.4) is 0 Å². The number of aliphatic imine (C=N–C) groups is 1. The van der Waals surface area contributed by atoms with Gasteiger partial charge in [0.1, 0.15) is 12.4 Å². The van der Waals surface area contributed by atoms with Crippen LogP contribution in [0, 0.1) is 5.41 Å². The van der Waals surface area contributed by atoms with Gasteiger partial charge in [0.2, 0.25) is 6.79 Å². The van der Waals surface area contributed by atoms with Crippen molar-refractivity contribution in [1.82, 2.24) is 10.2 Å². The minimum Gasteiger partial charge on any atom is -0.492 e. The largest absolute Gasteiger partial charge is 0.492 e. The van der Waals surface area contributed by atoms with Gasteiger partial charge in [-0.15, -0.1) is 24.0 Å². The summed E-state index contributed by atoms with van der Waals surface area (Å²) < 4.78 is 16.4. The summed E-state index contributed by atoms with van der Waals surface area (Å²) >= 11 is 0. The molecular weight excluding hydrogens is 433 g/mol. The van der Waals surface area contributed by atoms with Crippen LogP contribution in [0.1, 0.15) is 27.2 Å². The van der Waals surface area contributed by atoms with Crippen molar-refractivity contribution in [2.45, 2.75) is 27.2 Å². The van der Waals surface area contributed by atoms with E-state index in [0.717, 1.165) is 42.8 Å². The summed E-state index contributed by atoms with van der Waals surface area (Å²) in [6.45, 7) is 11.1. The van der Waals surface area contributed by atoms with Gasteiger partial charge in [-0.1, -0.05) is 13.8 Å². The average molecular weight is 461 g/mol.